The second kappa shape index (κ2) is 11.7. The van der Waals surface area contributed by atoms with Crippen LogP contribution < -0.4 is 10.6 Å². The third-order valence-electron chi connectivity index (χ3n) is 3.43. The summed E-state index contributed by atoms with van der Waals surface area (Å²) >= 11 is 3.28. The van der Waals surface area contributed by atoms with Crippen LogP contribution in [0.15, 0.2) is 30.3 Å². The van der Waals surface area contributed by atoms with Crippen LogP contribution in [0.25, 0.3) is 0 Å². The first-order valence-corrected chi connectivity index (χ1v) is 9.96. The van der Waals surface area contributed by atoms with Crippen molar-refractivity contribution in [2.24, 2.45) is 0 Å². The Balaban J connectivity index is 2.59. The molecule has 2 atom stereocenters. The van der Waals surface area contributed by atoms with Crippen molar-refractivity contribution < 1.29 is 29.0 Å². The highest BCUT2D eigenvalue weighted by Crippen LogP contribution is 2.09. The van der Waals surface area contributed by atoms with E-state index in [1.165, 1.54) is 0 Å². The molecular formula is C19H27BrN2O6. The number of alkyl carbamates (subject to hydrolysis) is 1. The molecule has 0 saturated carbocycles. The molecule has 0 aliphatic carbocycles. The number of alkyl halides is 1. The smallest absolute Gasteiger partial charge is 0.408 e. The third kappa shape index (κ3) is 9.70. The summed E-state index contributed by atoms with van der Waals surface area (Å²) in [7, 11) is 0. The van der Waals surface area contributed by atoms with E-state index in [-0.39, 0.29) is 13.2 Å². The molecule has 9 heteroatoms. The van der Waals surface area contributed by atoms with Crippen molar-refractivity contribution in [3.05, 3.63) is 35.9 Å². The van der Waals surface area contributed by atoms with E-state index < -0.39 is 35.7 Å². The Bertz CT molecular complexity index is 648. The number of amides is 2. The van der Waals surface area contributed by atoms with Crippen molar-refractivity contribution in [3.8, 4) is 0 Å². The number of aliphatic carboxylic acids is 1. The summed E-state index contributed by atoms with van der Waals surface area (Å²) in [5, 5.41) is 14.6. The predicted octanol–water partition coefficient (Wildman–Crippen LogP) is 2.45. The molecule has 1 aromatic carbocycles. The first kappa shape index (κ1) is 23.9. The van der Waals surface area contributed by atoms with E-state index in [4.69, 9.17) is 9.47 Å². The number of nitrogens with one attached hydrogen (secondary N) is 2. The first-order valence-electron chi connectivity index (χ1n) is 8.84. The second-order valence-corrected chi connectivity index (χ2v) is 7.84. The van der Waals surface area contributed by atoms with Crippen molar-refractivity contribution in [3.63, 3.8) is 0 Å². The molecular weight excluding hydrogens is 432 g/mol. The summed E-state index contributed by atoms with van der Waals surface area (Å²) in [5.74, 6) is -1.74. The number of halogens is 1. The van der Waals surface area contributed by atoms with Crippen LogP contribution in [0.1, 0.15) is 32.8 Å². The normalized spacial score (nSPS) is 13.3. The third-order valence-corrected chi connectivity index (χ3v) is 3.89. The van der Waals surface area contributed by atoms with Gasteiger partial charge in [0, 0.05) is 11.9 Å². The first-order chi connectivity index (χ1) is 13.1. The number of carboxylic acid groups (broad SMARTS) is 1. The molecule has 0 spiro atoms. The Morgan fingerprint density at radius 2 is 1.82 bits per heavy atom. The molecule has 3 N–H and O–H groups in total. The Morgan fingerprint density at radius 1 is 1.18 bits per heavy atom. The van der Waals surface area contributed by atoms with Crippen LogP contribution in [0.4, 0.5) is 4.79 Å². The van der Waals surface area contributed by atoms with Crippen molar-refractivity contribution in [1.29, 1.82) is 0 Å². The minimum Gasteiger partial charge on any atom is -0.480 e. The van der Waals surface area contributed by atoms with E-state index in [1.54, 1.807) is 20.8 Å². The largest absolute Gasteiger partial charge is 0.480 e. The number of carbonyl (C=O) groups is 3. The fourth-order valence-corrected chi connectivity index (χ4v) is 2.54. The molecule has 0 heterocycles. The summed E-state index contributed by atoms with van der Waals surface area (Å²) in [6.07, 6.45) is -1.21. The summed E-state index contributed by atoms with van der Waals surface area (Å²) in [6, 6.07) is 8.08. The number of hydrogen-bond donors (Lipinski definition) is 3. The highest BCUT2D eigenvalue weighted by Gasteiger charge is 2.26. The van der Waals surface area contributed by atoms with Gasteiger partial charge in [-0.05, 0) is 32.8 Å². The second-order valence-electron chi connectivity index (χ2n) is 7.05. The van der Waals surface area contributed by atoms with Gasteiger partial charge in [-0.25, -0.2) is 9.59 Å². The zero-order chi connectivity index (χ0) is 21.2. The summed E-state index contributed by atoms with van der Waals surface area (Å²) in [4.78, 5) is 35.5. The van der Waals surface area contributed by atoms with Crippen molar-refractivity contribution in [2.45, 2.75) is 51.5 Å². The lowest BCUT2D eigenvalue weighted by atomic mass is 10.2. The standard InChI is InChI=1S/C19H27BrN2O6/c1-19(2,3)28-18(26)22-14(17(24)25)11-21-16(23)15(9-10-20)27-12-13-7-5-4-6-8-13/h4-8,14-15H,9-12H2,1-3H3,(H,21,23)(H,22,26)(H,24,25)/t14-,15-/m0/s1. The van der Waals surface area contributed by atoms with Crippen LogP contribution in [-0.2, 0) is 25.7 Å². The zero-order valence-electron chi connectivity index (χ0n) is 16.2. The molecule has 0 aromatic heterocycles. The SMILES string of the molecule is CC(C)(C)OC(=O)N[C@@H](CNC(=O)[C@H](CCBr)OCc1ccccc1)C(=O)O. The fraction of sp³-hybridized carbons (Fsp3) is 0.526. The molecule has 0 fully saturated rings. The van der Waals surface area contributed by atoms with Gasteiger partial charge in [0.1, 0.15) is 17.7 Å². The highest BCUT2D eigenvalue weighted by molar-refractivity contribution is 9.09. The average molecular weight is 459 g/mol. The zero-order valence-corrected chi connectivity index (χ0v) is 17.8. The van der Waals surface area contributed by atoms with Crippen molar-refractivity contribution in [2.75, 3.05) is 11.9 Å². The minimum absolute atomic E-state index is 0.254. The summed E-state index contributed by atoms with van der Waals surface area (Å²) in [5.41, 5.74) is 0.160. The van der Waals surface area contributed by atoms with E-state index in [9.17, 15) is 19.5 Å². The topological polar surface area (TPSA) is 114 Å². The summed E-state index contributed by atoms with van der Waals surface area (Å²) < 4.78 is 10.7. The van der Waals surface area contributed by atoms with Gasteiger partial charge >= 0.3 is 12.1 Å². The van der Waals surface area contributed by atoms with Gasteiger partial charge in [0.15, 0.2) is 0 Å². The maximum Gasteiger partial charge on any atom is 0.408 e. The van der Waals surface area contributed by atoms with Gasteiger partial charge in [-0.15, -0.1) is 0 Å². The predicted molar refractivity (Wildman–Crippen MR) is 107 cm³/mol. The molecule has 28 heavy (non-hydrogen) atoms. The number of ether oxygens (including phenoxy) is 2. The van der Waals surface area contributed by atoms with Crippen LogP contribution in [0, 0.1) is 0 Å². The van der Waals surface area contributed by atoms with E-state index in [0.29, 0.717) is 11.8 Å². The quantitative estimate of drug-likeness (QED) is 0.464. The van der Waals surface area contributed by atoms with Crippen LogP contribution in [0.5, 0.6) is 0 Å². The maximum atomic E-state index is 12.4. The van der Waals surface area contributed by atoms with Gasteiger partial charge in [-0.1, -0.05) is 46.3 Å². The van der Waals surface area contributed by atoms with Gasteiger partial charge in [-0.3, -0.25) is 4.79 Å². The summed E-state index contributed by atoms with van der Waals surface area (Å²) in [6.45, 7) is 4.96. The molecule has 1 aromatic rings. The number of rotatable bonds is 10. The molecule has 0 bridgehead atoms. The van der Waals surface area contributed by atoms with Crippen LogP contribution in [-0.4, -0.2) is 52.7 Å². The van der Waals surface area contributed by atoms with E-state index >= 15 is 0 Å². The van der Waals surface area contributed by atoms with Crippen molar-refractivity contribution >= 4 is 33.9 Å². The molecule has 8 nitrogen and oxygen atoms in total. The van der Waals surface area contributed by atoms with Gasteiger partial charge in [0.05, 0.1) is 6.61 Å². The number of benzene rings is 1. The number of hydrogen-bond acceptors (Lipinski definition) is 5. The molecule has 0 unspecified atom stereocenters. The van der Waals surface area contributed by atoms with E-state index in [0.717, 1.165) is 5.56 Å². The number of carboxylic acids is 1. The van der Waals surface area contributed by atoms with Gasteiger partial charge in [0.2, 0.25) is 5.91 Å². The Morgan fingerprint density at radius 3 is 2.36 bits per heavy atom. The fourth-order valence-electron chi connectivity index (χ4n) is 2.13. The molecule has 1 rings (SSSR count). The molecule has 0 aliphatic heterocycles. The van der Waals surface area contributed by atoms with Gasteiger partial charge < -0.3 is 25.2 Å². The lowest BCUT2D eigenvalue weighted by Crippen LogP contribution is -2.51. The Hall–Kier alpha value is -2.13. The molecule has 0 saturated heterocycles. The average Bonchev–Trinajstić information content (AvgIpc) is 2.61. The van der Waals surface area contributed by atoms with Crippen LogP contribution in [0.2, 0.25) is 0 Å². The molecule has 156 valence electrons. The van der Waals surface area contributed by atoms with E-state index in [1.807, 2.05) is 30.3 Å². The number of carbonyl (C=O) groups excluding carboxylic acids is 2. The van der Waals surface area contributed by atoms with Gasteiger partial charge in [-0.2, -0.15) is 0 Å². The van der Waals surface area contributed by atoms with Gasteiger partial charge in [0.25, 0.3) is 0 Å². The van der Waals surface area contributed by atoms with Crippen LogP contribution in [0.3, 0.4) is 0 Å². The lowest BCUT2D eigenvalue weighted by Gasteiger charge is -2.23. The lowest BCUT2D eigenvalue weighted by molar-refractivity contribution is -0.140. The molecule has 2 amide bonds. The highest BCUT2D eigenvalue weighted by atomic mass is 79.9. The Labute approximate surface area is 173 Å². The monoisotopic (exact) mass is 458 g/mol. The Kier molecular flexibility index (Phi) is 9.95. The maximum absolute atomic E-state index is 12.4. The minimum atomic E-state index is -1.32. The molecule has 0 aliphatic rings. The van der Waals surface area contributed by atoms with E-state index in [2.05, 4.69) is 26.6 Å². The van der Waals surface area contributed by atoms with Crippen molar-refractivity contribution in [1.82, 2.24) is 10.6 Å². The van der Waals surface area contributed by atoms with Crippen LogP contribution >= 0.6 is 15.9 Å². The molecule has 0 radical (unpaired) electrons.